The third kappa shape index (κ3) is 6.26. The van der Waals surface area contributed by atoms with Crippen molar-refractivity contribution in [3.63, 3.8) is 0 Å². The monoisotopic (exact) mass is 365 g/mol. The zero-order chi connectivity index (χ0) is 18.3. The van der Waals surface area contributed by atoms with Crippen molar-refractivity contribution >= 4 is 17.3 Å². The number of nitrogens with one attached hydrogen (secondary N) is 2. The molecule has 1 fully saturated rings. The number of hydrogen-bond acceptors (Lipinski definition) is 4. The molecule has 0 spiro atoms. The molecule has 1 saturated heterocycles. The van der Waals surface area contributed by atoms with Gasteiger partial charge in [0.05, 0.1) is 17.2 Å². The molecule has 0 saturated carbocycles. The third-order valence-corrected chi connectivity index (χ3v) is 5.90. The molecule has 1 aromatic heterocycles. The lowest BCUT2D eigenvalue weighted by atomic mass is 9.98. The van der Waals surface area contributed by atoms with E-state index in [9.17, 15) is 0 Å². The van der Waals surface area contributed by atoms with Crippen molar-refractivity contribution in [2.75, 3.05) is 26.2 Å². The van der Waals surface area contributed by atoms with Crippen molar-refractivity contribution in [1.29, 1.82) is 0 Å². The zero-order valence-electron chi connectivity index (χ0n) is 16.6. The first-order valence-electron chi connectivity index (χ1n) is 9.64. The molecule has 0 bridgehead atoms. The lowest BCUT2D eigenvalue weighted by molar-refractivity contribution is 0.0982. The normalized spacial score (nSPS) is 17.1. The zero-order valence-corrected chi connectivity index (χ0v) is 17.4. The molecule has 6 heteroatoms. The van der Waals surface area contributed by atoms with Gasteiger partial charge in [0.1, 0.15) is 0 Å². The summed E-state index contributed by atoms with van der Waals surface area (Å²) in [6.07, 6.45) is 4.01. The smallest absolute Gasteiger partial charge is 0.191 e. The van der Waals surface area contributed by atoms with Crippen LogP contribution in [0.3, 0.4) is 0 Å². The summed E-state index contributed by atoms with van der Waals surface area (Å²) >= 11 is 1.73. The van der Waals surface area contributed by atoms with Gasteiger partial charge in [0, 0.05) is 29.9 Å². The van der Waals surface area contributed by atoms with Crippen LogP contribution in [0.15, 0.2) is 10.4 Å². The maximum Gasteiger partial charge on any atom is 0.191 e. The quantitative estimate of drug-likeness (QED) is 0.573. The second kappa shape index (κ2) is 9.53. The number of thiazole rings is 1. The van der Waals surface area contributed by atoms with Gasteiger partial charge in [-0.25, -0.2) is 9.98 Å². The van der Waals surface area contributed by atoms with E-state index < -0.39 is 0 Å². The molecule has 0 radical (unpaired) electrons. The van der Waals surface area contributed by atoms with Crippen LogP contribution in [-0.4, -0.2) is 47.6 Å². The molecule has 2 N–H and O–H groups in total. The number of aliphatic imine (C=N–C) groups is 1. The minimum absolute atomic E-state index is 0.141. The van der Waals surface area contributed by atoms with Crippen LogP contribution in [0.1, 0.15) is 70.5 Å². The summed E-state index contributed by atoms with van der Waals surface area (Å²) in [7, 11) is 0. The van der Waals surface area contributed by atoms with Crippen molar-refractivity contribution in [2.24, 2.45) is 4.99 Å². The van der Waals surface area contributed by atoms with Crippen LogP contribution in [0.5, 0.6) is 0 Å². The standard InChI is InChI=1S/C19H35N5S/c1-6-20-18(21-12-16-13-25-17(23-16)15(2)3)22-14-19(4,5)24-10-8-7-9-11-24/h13,15H,6-12,14H2,1-5H3,(H2,20,21,22). The molecular weight excluding hydrogens is 330 g/mol. The average Bonchev–Trinajstić information content (AvgIpc) is 3.07. The van der Waals surface area contributed by atoms with Gasteiger partial charge in [-0.2, -0.15) is 0 Å². The Balaban J connectivity index is 1.92. The number of piperidine rings is 1. The first-order valence-corrected chi connectivity index (χ1v) is 10.5. The van der Waals surface area contributed by atoms with E-state index in [2.05, 4.69) is 60.5 Å². The molecule has 25 heavy (non-hydrogen) atoms. The van der Waals surface area contributed by atoms with Crippen molar-refractivity contribution in [3.05, 3.63) is 16.1 Å². The van der Waals surface area contributed by atoms with Crippen molar-refractivity contribution < 1.29 is 0 Å². The highest BCUT2D eigenvalue weighted by Crippen LogP contribution is 2.20. The second-order valence-electron chi connectivity index (χ2n) is 7.74. The molecule has 0 aliphatic carbocycles. The van der Waals surface area contributed by atoms with Gasteiger partial charge in [-0.1, -0.05) is 20.3 Å². The van der Waals surface area contributed by atoms with Crippen LogP contribution in [-0.2, 0) is 6.54 Å². The Morgan fingerprint density at radius 3 is 2.60 bits per heavy atom. The average molecular weight is 366 g/mol. The minimum Gasteiger partial charge on any atom is -0.357 e. The highest BCUT2D eigenvalue weighted by molar-refractivity contribution is 7.09. The van der Waals surface area contributed by atoms with E-state index in [0.29, 0.717) is 12.5 Å². The van der Waals surface area contributed by atoms with E-state index in [1.54, 1.807) is 11.3 Å². The summed E-state index contributed by atoms with van der Waals surface area (Å²) in [6.45, 7) is 15.9. The van der Waals surface area contributed by atoms with Crippen LogP contribution in [0.25, 0.3) is 0 Å². The summed E-state index contributed by atoms with van der Waals surface area (Å²) < 4.78 is 0. The Morgan fingerprint density at radius 1 is 1.28 bits per heavy atom. The first-order chi connectivity index (χ1) is 11.9. The van der Waals surface area contributed by atoms with Crippen molar-refractivity contribution in [3.8, 4) is 0 Å². The molecule has 5 nitrogen and oxygen atoms in total. The molecule has 1 aromatic rings. The van der Waals surface area contributed by atoms with Gasteiger partial charge >= 0.3 is 0 Å². The molecule has 1 aliphatic rings. The summed E-state index contributed by atoms with van der Waals surface area (Å²) in [6, 6.07) is 0. The largest absolute Gasteiger partial charge is 0.357 e. The summed E-state index contributed by atoms with van der Waals surface area (Å²) in [5.41, 5.74) is 1.20. The van der Waals surface area contributed by atoms with Gasteiger partial charge in [-0.3, -0.25) is 4.90 Å². The van der Waals surface area contributed by atoms with E-state index in [0.717, 1.165) is 24.7 Å². The van der Waals surface area contributed by atoms with Crippen molar-refractivity contribution in [1.82, 2.24) is 20.5 Å². The Bertz CT molecular complexity index is 544. The second-order valence-corrected chi connectivity index (χ2v) is 8.63. The molecule has 0 aromatic carbocycles. The summed E-state index contributed by atoms with van der Waals surface area (Å²) in [5.74, 6) is 1.37. The number of hydrogen-bond donors (Lipinski definition) is 2. The first kappa shape index (κ1) is 20.2. The fourth-order valence-electron chi connectivity index (χ4n) is 3.07. The molecule has 2 heterocycles. The lowest BCUT2D eigenvalue weighted by Gasteiger charge is -2.41. The number of aromatic nitrogens is 1. The van der Waals surface area contributed by atoms with Crippen LogP contribution >= 0.6 is 11.3 Å². The number of rotatable bonds is 7. The van der Waals surface area contributed by atoms with Crippen LogP contribution in [0.2, 0.25) is 0 Å². The summed E-state index contributed by atoms with van der Waals surface area (Å²) in [4.78, 5) is 12.0. The number of likely N-dealkylation sites (tertiary alicyclic amines) is 1. The van der Waals surface area contributed by atoms with Gasteiger partial charge < -0.3 is 10.6 Å². The van der Waals surface area contributed by atoms with Crippen LogP contribution < -0.4 is 10.6 Å². The predicted octanol–water partition coefficient (Wildman–Crippen LogP) is 3.59. The number of nitrogens with zero attached hydrogens (tertiary/aromatic N) is 3. The SMILES string of the molecule is CCNC(=NCc1csc(C(C)C)n1)NCC(C)(C)N1CCCCC1. The fraction of sp³-hybridized carbons (Fsp3) is 0.789. The predicted molar refractivity (Wildman–Crippen MR) is 109 cm³/mol. The van der Waals surface area contributed by atoms with E-state index in [-0.39, 0.29) is 5.54 Å². The van der Waals surface area contributed by atoms with E-state index >= 15 is 0 Å². The molecular formula is C19H35N5S. The maximum atomic E-state index is 4.72. The molecule has 2 rings (SSSR count). The minimum atomic E-state index is 0.141. The molecule has 0 amide bonds. The molecule has 142 valence electrons. The Kier molecular flexibility index (Phi) is 7.69. The van der Waals surface area contributed by atoms with Crippen molar-refractivity contribution in [2.45, 2.75) is 71.9 Å². The number of guanidine groups is 1. The van der Waals surface area contributed by atoms with Gasteiger partial charge in [-0.15, -0.1) is 11.3 Å². The van der Waals surface area contributed by atoms with E-state index in [1.807, 2.05) is 0 Å². The van der Waals surface area contributed by atoms with Gasteiger partial charge in [-0.05, 0) is 46.7 Å². The summed E-state index contributed by atoms with van der Waals surface area (Å²) in [5, 5.41) is 10.2. The highest BCUT2D eigenvalue weighted by Gasteiger charge is 2.27. The topological polar surface area (TPSA) is 52.6 Å². The molecule has 0 atom stereocenters. The third-order valence-electron chi connectivity index (χ3n) is 4.71. The van der Waals surface area contributed by atoms with Gasteiger partial charge in [0.2, 0.25) is 0 Å². The maximum absolute atomic E-state index is 4.72. The Labute approximate surface area is 157 Å². The fourth-order valence-corrected chi connectivity index (χ4v) is 3.90. The van der Waals surface area contributed by atoms with Crippen LogP contribution in [0.4, 0.5) is 0 Å². The highest BCUT2D eigenvalue weighted by atomic mass is 32.1. The van der Waals surface area contributed by atoms with E-state index in [4.69, 9.17) is 4.99 Å². The van der Waals surface area contributed by atoms with E-state index in [1.165, 1.54) is 37.4 Å². The Hall–Kier alpha value is -1.14. The van der Waals surface area contributed by atoms with Gasteiger partial charge in [0.15, 0.2) is 5.96 Å². The molecule has 1 aliphatic heterocycles. The molecule has 0 unspecified atom stereocenters. The lowest BCUT2D eigenvalue weighted by Crippen LogP contribution is -2.54. The van der Waals surface area contributed by atoms with Crippen LogP contribution in [0, 0.1) is 0 Å². The Morgan fingerprint density at radius 2 is 2.00 bits per heavy atom. The van der Waals surface area contributed by atoms with Gasteiger partial charge in [0.25, 0.3) is 0 Å².